The van der Waals surface area contributed by atoms with Gasteiger partial charge in [-0.15, -0.1) is 33.1 Å². The number of rotatable bonds is 2. The van der Waals surface area contributed by atoms with Crippen LogP contribution in [0, 0.1) is 0 Å². The molecule has 1 aromatic carbocycles. The van der Waals surface area contributed by atoms with Crippen LogP contribution in [0.25, 0.3) is 20.9 Å². The first-order chi connectivity index (χ1) is 8.29. The van der Waals surface area contributed by atoms with Crippen LogP contribution in [-0.2, 0) is 5.88 Å². The minimum absolute atomic E-state index is 0.204. The number of benzene rings is 1. The minimum Gasteiger partial charge on any atom is -0.419 e. The van der Waals surface area contributed by atoms with Crippen LogP contribution in [0.4, 0.5) is 0 Å². The molecule has 0 aliphatic carbocycles. The van der Waals surface area contributed by atoms with Gasteiger partial charge in [-0.2, -0.15) is 0 Å². The second-order valence-electron chi connectivity index (χ2n) is 3.38. The lowest BCUT2D eigenvalue weighted by Gasteiger charge is -1.89. The summed E-state index contributed by atoms with van der Waals surface area (Å²) in [5.41, 5.74) is 0. The maximum absolute atomic E-state index is 6.29. The molecule has 0 spiro atoms. The molecule has 0 fully saturated rings. The third-order valence-electron chi connectivity index (χ3n) is 2.31. The van der Waals surface area contributed by atoms with Gasteiger partial charge in [-0.05, 0) is 6.07 Å². The molecule has 0 saturated heterocycles. The van der Waals surface area contributed by atoms with Crippen molar-refractivity contribution in [3.63, 3.8) is 0 Å². The van der Waals surface area contributed by atoms with Gasteiger partial charge in [-0.3, -0.25) is 0 Å². The maximum atomic E-state index is 6.29. The first-order valence-corrected chi connectivity index (χ1v) is 6.58. The average Bonchev–Trinajstić information content (AvgIpc) is 2.95. The van der Waals surface area contributed by atoms with E-state index in [1.54, 1.807) is 0 Å². The molecule has 0 unspecified atom stereocenters. The van der Waals surface area contributed by atoms with Crippen LogP contribution in [0.2, 0.25) is 5.02 Å². The molecule has 0 bridgehead atoms. The quantitative estimate of drug-likeness (QED) is 0.657. The lowest BCUT2D eigenvalue weighted by molar-refractivity contribution is 0.528. The zero-order chi connectivity index (χ0) is 11.8. The SMILES string of the molecule is ClCc1nnc(-c2sc3ccccc3c2Cl)o1. The molecule has 17 heavy (non-hydrogen) atoms. The largest absolute Gasteiger partial charge is 0.419 e. The highest BCUT2D eigenvalue weighted by atomic mass is 35.5. The van der Waals surface area contributed by atoms with Crippen molar-refractivity contribution in [2.75, 3.05) is 0 Å². The van der Waals surface area contributed by atoms with E-state index in [4.69, 9.17) is 27.6 Å². The van der Waals surface area contributed by atoms with Crippen LogP contribution in [0.1, 0.15) is 5.89 Å². The summed E-state index contributed by atoms with van der Waals surface area (Å²) in [6, 6.07) is 7.89. The van der Waals surface area contributed by atoms with Gasteiger partial charge in [0.2, 0.25) is 5.89 Å². The third-order valence-corrected chi connectivity index (χ3v) is 4.20. The van der Waals surface area contributed by atoms with Crippen LogP contribution < -0.4 is 0 Å². The fraction of sp³-hybridized carbons (Fsp3) is 0.0909. The minimum atomic E-state index is 0.204. The normalized spacial score (nSPS) is 11.2. The second kappa shape index (κ2) is 4.29. The van der Waals surface area contributed by atoms with Gasteiger partial charge in [0, 0.05) is 10.1 Å². The Morgan fingerprint density at radius 1 is 1.24 bits per heavy atom. The lowest BCUT2D eigenvalue weighted by atomic mass is 10.2. The molecule has 86 valence electrons. The van der Waals surface area contributed by atoms with E-state index in [0.29, 0.717) is 16.8 Å². The van der Waals surface area contributed by atoms with Crippen molar-refractivity contribution in [3.05, 3.63) is 35.2 Å². The van der Waals surface area contributed by atoms with E-state index < -0.39 is 0 Å². The Morgan fingerprint density at radius 2 is 2.06 bits per heavy atom. The van der Waals surface area contributed by atoms with E-state index in [1.807, 2.05) is 24.3 Å². The van der Waals surface area contributed by atoms with Gasteiger partial charge in [0.05, 0.1) is 5.02 Å². The molecule has 0 N–H and O–H groups in total. The topological polar surface area (TPSA) is 38.9 Å². The first kappa shape index (κ1) is 11.0. The van der Waals surface area contributed by atoms with Crippen molar-refractivity contribution in [2.45, 2.75) is 5.88 Å². The molecule has 0 amide bonds. The number of alkyl halides is 1. The Morgan fingerprint density at radius 3 is 2.76 bits per heavy atom. The molecular weight excluding hydrogens is 279 g/mol. The van der Waals surface area contributed by atoms with Crippen LogP contribution in [-0.4, -0.2) is 10.2 Å². The average molecular weight is 285 g/mol. The number of hydrogen-bond acceptors (Lipinski definition) is 4. The summed E-state index contributed by atoms with van der Waals surface area (Å²) in [4.78, 5) is 0.789. The highest BCUT2D eigenvalue weighted by Gasteiger charge is 2.16. The standard InChI is InChI=1S/C11H6Cl2N2OS/c12-5-8-14-15-11(16-8)10-9(13)6-3-1-2-4-7(6)17-10/h1-4H,5H2. The summed E-state index contributed by atoms with van der Waals surface area (Å²) in [5.74, 6) is 1.03. The summed E-state index contributed by atoms with van der Waals surface area (Å²) in [6.07, 6.45) is 0. The van der Waals surface area contributed by atoms with Crippen LogP contribution in [0.3, 0.4) is 0 Å². The number of aromatic nitrogens is 2. The Hall–Kier alpha value is -1.10. The number of hydrogen-bond donors (Lipinski definition) is 0. The molecular formula is C11H6Cl2N2OS. The van der Waals surface area contributed by atoms with Gasteiger partial charge >= 0.3 is 0 Å². The van der Waals surface area contributed by atoms with Gasteiger partial charge in [0.1, 0.15) is 10.8 Å². The highest BCUT2D eigenvalue weighted by Crippen LogP contribution is 2.41. The summed E-state index contributed by atoms with van der Waals surface area (Å²) < 4.78 is 6.50. The van der Waals surface area contributed by atoms with E-state index >= 15 is 0 Å². The second-order valence-corrected chi connectivity index (χ2v) is 5.07. The molecule has 3 nitrogen and oxygen atoms in total. The van der Waals surface area contributed by atoms with Crippen molar-refractivity contribution in [1.82, 2.24) is 10.2 Å². The molecule has 0 saturated carbocycles. The zero-order valence-corrected chi connectivity index (χ0v) is 10.8. The monoisotopic (exact) mass is 284 g/mol. The van der Waals surface area contributed by atoms with Crippen LogP contribution >= 0.6 is 34.5 Å². The summed E-state index contributed by atoms with van der Waals surface area (Å²) in [5, 5.41) is 9.41. The zero-order valence-electron chi connectivity index (χ0n) is 8.48. The Labute approximate surface area is 111 Å². The van der Waals surface area contributed by atoms with E-state index in [2.05, 4.69) is 10.2 Å². The summed E-state index contributed by atoms with van der Waals surface area (Å²) in [7, 11) is 0. The van der Waals surface area contributed by atoms with E-state index in [1.165, 1.54) is 11.3 Å². The number of nitrogens with zero attached hydrogens (tertiary/aromatic N) is 2. The number of thiophene rings is 1. The number of fused-ring (bicyclic) bond motifs is 1. The molecule has 0 atom stereocenters. The maximum Gasteiger partial charge on any atom is 0.259 e. The van der Waals surface area contributed by atoms with Crippen molar-refractivity contribution < 1.29 is 4.42 Å². The third kappa shape index (κ3) is 1.82. The Kier molecular flexibility index (Phi) is 2.78. The fourth-order valence-electron chi connectivity index (χ4n) is 1.55. The smallest absolute Gasteiger partial charge is 0.259 e. The molecule has 0 radical (unpaired) electrons. The Balaban J connectivity index is 2.20. The predicted octanol–water partition coefficient (Wildman–Crippen LogP) is 4.34. The van der Waals surface area contributed by atoms with Gasteiger partial charge < -0.3 is 4.42 Å². The van der Waals surface area contributed by atoms with Crippen LogP contribution in [0.15, 0.2) is 28.7 Å². The van der Waals surface area contributed by atoms with E-state index in [-0.39, 0.29) is 5.88 Å². The molecule has 3 rings (SSSR count). The number of halogens is 2. The highest BCUT2D eigenvalue weighted by molar-refractivity contribution is 7.23. The lowest BCUT2D eigenvalue weighted by Crippen LogP contribution is -1.74. The van der Waals surface area contributed by atoms with E-state index in [9.17, 15) is 0 Å². The van der Waals surface area contributed by atoms with Gasteiger partial charge in [-0.25, -0.2) is 0 Å². The summed E-state index contributed by atoms with van der Waals surface area (Å²) in [6.45, 7) is 0. The summed E-state index contributed by atoms with van der Waals surface area (Å²) >= 11 is 13.4. The van der Waals surface area contributed by atoms with Crippen molar-refractivity contribution in [2.24, 2.45) is 0 Å². The first-order valence-electron chi connectivity index (χ1n) is 4.85. The molecule has 0 aliphatic rings. The van der Waals surface area contributed by atoms with Crippen molar-refractivity contribution in [1.29, 1.82) is 0 Å². The molecule has 6 heteroatoms. The van der Waals surface area contributed by atoms with Gasteiger partial charge in [-0.1, -0.05) is 29.8 Å². The molecule has 2 heterocycles. The van der Waals surface area contributed by atoms with Crippen molar-refractivity contribution >= 4 is 44.6 Å². The predicted molar refractivity (Wildman–Crippen MR) is 69.7 cm³/mol. The van der Waals surface area contributed by atoms with E-state index in [0.717, 1.165) is 15.0 Å². The van der Waals surface area contributed by atoms with Gasteiger partial charge in [0.25, 0.3) is 5.89 Å². The molecule has 3 aromatic rings. The fourth-order valence-corrected chi connectivity index (χ4v) is 3.09. The molecule has 2 aromatic heterocycles. The van der Waals surface area contributed by atoms with Crippen LogP contribution in [0.5, 0.6) is 0 Å². The van der Waals surface area contributed by atoms with Gasteiger partial charge in [0.15, 0.2) is 0 Å². The molecule has 0 aliphatic heterocycles. The Bertz CT molecular complexity index is 677. The van der Waals surface area contributed by atoms with Crippen molar-refractivity contribution in [3.8, 4) is 10.8 Å².